The normalized spacial score (nSPS) is 13.0. The summed E-state index contributed by atoms with van der Waals surface area (Å²) in [5.41, 5.74) is 0.918. The van der Waals surface area contributed by atoms with Crippen molar-refractivity contribution < 1.29 is 18.0 Å². The van der Waals surface area contributed by atoms with Crippen LogP contribution in [0.4, 0.5) is 13.2 Å². The van der Waals surface area contributed by atoms with Crippen molar-refractivity contribution in [1.29, 1.82) is 0 Å². The van der Waals surface area contributed by atoms with Gasteiger partial charge in [0, 0.05) is 12.7 Å². The minimum Gasteiger partial charge on any atom is -0.343 e. The van der Waals surface area contributed by atoms with Gasteiger partial charge in [0.2, 0.25) is 0 Å². The van der Waals surface area contributed by atoms with Crippen molar-refractivity contribution >= 4 is 16.9 Å². The molecule has 29 heavy (non-hydrogen) atoms. The summed E-state index contributed by atoms with van der Waals surface area (Å²) in [5.74, 6) is 0.0402. The number of hydrogen-bond donors (Lipinski definition) is 1. The van der Waals surface area contributed by atoms with Crippen LogP contribution in [0.1, 0.15) is 53.8 Å². The summed E-state index contributed by atoms with van der Waals surface area (Å²) in [6, 6.07) is 3.43. The van der Waals surface area contributed by atoms with Gasteiger partial charge in [-0.3, -0.25) is 9.78 Å². The molecule has 1 fully saturated rings. The first kappa shape index (κ1) is 20.8. The van der Waals surface area contributed by atoms with E-state index in [9.17, 15) is 18.0 Å². The number of amides is 1. The van der Waals surface area contributed by atoms with Gasteiger partial charge in [0.1, 0.15) is 11.5 Å². The zero-order chi connectivity index (χ0) is 21.0. The number of alkyl halides is 3. The molecule has 1 aliphatic rings. The molecule has 1 saturated carbocycles. The molecular weight excluding hydrogens is 383 g/mol. The Hall–Kier alpha value is -2.97. The molecule has 0 bridgehead atoms. The summed E-state index contributed by atoms with van der Waals surface area (Å²) in [5, 5.41) is 2.67. The van der Waals surface area contributed by atoms with E-state index in [2.05, 4.69) is 20.3 Å². The highest BCUT2D eigenvalue weighted by atomic mass is 19.4. The summed E-state index contributed by atoms with van der Waals surface area (Å²) in [6.45, 7) is 4.19. The number of aryl methyl sites for hydroxylation is 2. The molecule has 0 spiro atoms. The number of benzene rings is 1. The first-order chi connectivity index (χ1) is 13.8. The Labute approximate surface area is 166 Å². The minimum atomic E-state index is -4.43. The molecule has 6 nitrogen and oxygen atoms in total. The summed E-state index contributed by atoms with van der Waals surface area (Å²) in [7, 11) is 0. The highest BCUT2D eigenvalue weighted by Gasteiger charge is 2.31. The molecule has 1 aliphatic carbocycles. The standard InChI is InChI=1S/C17H16F3N5O.C3H6/c1-3-25-14-5-4-11(17(18,19)20)6-12(14)24-15(25)9-23-16(26)13-8-21-10(2)7-22-13;1-2-3-1/h4-8H,3,9H2,1-2H3,(H,23,26);1-3H2. The fraction of sp³-hybridized carbons (Fsp3) is 0.400. The van der Waals surface area contributed by atoms with Crippen LogP contribution in [-0.2, 0) is 19.3 Å². The van der Waals surface area contributed by atoms with Crippen molar-refractivity contribution in [3.05, 3.63) is 53.4 Å². The zero-order valence-electron chi connectivity index (χ0n) is 16.3. The van der Waals surface area contributed by atoms with Gasteiger partial charge in [-0.2, -0.15) is 13.2 Å². The number of carbonyl (C=O) groups is 1. The van der Waals surface area contributed by atoms with Crippen LogP contribution in [0.15, 0.2) is 30.6 Å². The number of aromatic nitrogens is 4. The van der Waals surface area contributed by atoms with E-state index in [1.54, 1.807) is 11.5 Å². The largest absolute Gasteiger partial charge is 0.416 e. The number of halogens is 3. The number of nitrogens with zero attached hydrogens (tertiary/aromatic N) is 4. The molecule has 0 aliphatic heterocycles. The number of rotatable bonds is 4. The van der Waals surface area contributed by atoms with Crippen molar-refractivity contribution in [2.45, 2.75) is 52.4 Å². The van der Waals surface area contributed by atoms with Gasteiger partial charge in [-0.1, -0.05) is 19.3 Å². The van der Waals surface area contributed by atoms with E-state index in [0.29, 0.717) is 23.6 Å². The first-order valence-electron chi connectivity index (χ1n) is 9.42. The molecule has 0 unspecified atom stereocenters. The fourth-order valence-electron chi connectivity index (χ4n) is 2.60. The van der Waals surface area contributed by atoms with Crippen molar-refractivity contribution in [3.8, 4) is 0 Å². The molecule has 1 amide bonds. The van der Waals surface area contributed by atoms with Gasteiger partial charge in [0.15, 0.2) is 0 Å². The third-order valence-corrected chi connectivity index (χ3v) is 4.25. The lowest BCUT2D eigenvalue weighted by Gasteiger charge is -2.08. The summed E-state index contributed by atoms with van der Waals surface area (Å²) >= 11 is 0. The molecule has 0 atom stereocenters. The van der Waals surface area contributed by atoms with E-state index in [0.717, 1.165) is 12.1 Å². The van der Waals surface area contributed by atoms with Crippen molar-refractivity contribution in [1.82, 2.24) is 24.8 Å². The lowest BCUT2D eigenvalue weighted by atomic mass is 10.2. The maximum atomic E-state index is 12.9. The van der Waals surface area contributed by atoms with E-state index in [-0.39, 0.29) is 17.8 Å². The fourth-order valence-corrected chi connectivity index (χ4v) is 2.60. The van der Waals surface area contributed by atoms with Gasteiger partial charge in [-0.15, -0.1) is 0 Å². The SMILES string of the molecule is C1CC1.CCn1c(CNC(=O)c2cnc(C)cn2)nc2cc(C(F)(F)F)ccc21. The number of hydrogen-bond acceptors (Lipinski definition) is 4. The predicted molar refractivity (Wildman–Crippen MR) is 102 cm³/mol. The van der Waals surface area contributed by atoms with Crippen LogP contribution in [0.2, 0.25) is 0 Å². The maximum Gasteiger partial charge on any atom is 0.416 e. The van der Waals surface area contributed by atoms with Crippen LogP contribution in [0.3, 0.4) is 0 Å². The van der Waals surface area contributed by atoms with Crippen molar-refractivity contribution in [3.63, 3.8) is 0 Å². The molecule has 154 valence electrons. The summed E-state index contributed by atoms with van der Waals surface area (Å²) < 4.78 is 40.4. The van der Waals surface area contributed by atoms with Crippen LogP contribution in [-0.4, -0.2) is 25.4 Å². The Bertz CT molecular complexity index is 991. The lowest BCUT2D eigenvalue weighted by molar-refractivity contribution is -0.137. The molecule has 4 rings (SSSR count). The Balaban J connectivity index is 0.000000732. The van der Waals surface area contributed by atoms with E-state index in [4.69, 9.17) is 0 Å². The second-order valence-electron chi connectivity index (χ2n) is 6.76. The van der Waals surface area contributed by atoms with Crippen LogP contribution in [0, 0.1) is 6.92 Å². The zero-order valence-corrected chi connectivity index (χ0v) is 16.3. The summed E-state index contributed by atoms with van der Waals surface area (Å²) in [4.78, 5) is 24.4. The first-order valence-corrected chi connectivity index (χ1v) is 9.42. The quantitative estimate of drug-likeness (QED) is 0.703. The Morgan fingerprint density at radius 1 is 1.17 bits per heavy atom. The third kappa shape index (κ3) is 5.30. The Morgan fingerprint density at radius 3 is 2.45 bits per heavy atom. The second-order valence-corrected chi connectivity index (χ2v) is 6.76. The van der Waals surface area contributed by atoms with Gasteiger partial charge in [-0.25, -0.2) is 9.97 Å². The number of fused-ring (bicyclic) bond motifs is 1. The highest BCUT2D eigenvalue weighted by Crippen LogP contribution is 2.31. The summed E-state index contributed by atoms with van der Waals surface area (Å²) in [6.07, 6.45) is 2.92. The van der Waals surface area contributed by atoms with E-state index in [1.807, 2.05) is 6.92 Å². The van der Waals surface area contributed by atoms with Crippen molar-refractivity contribution in [2.75, 3.05) is 0 Å². The molecule has 2 heterocycles. The molecule has 0 radical (unpaired) electrons. The molecule has 3 aromatic rings. The number of carbonyl (C=O) groups excluding carboxylic acids is 1. The average Bonchev–Trinajstić information content (AvgIpc) is 3.52. The van der Waals surface area contributed by atoms with Crippen LogP contribution in [0.25, 0.3) is 11.0 Å². The molecule has 9 heteroatoms. The van der Waals surface area contributed by atoms with Crippen LogP contribution < -0.4 is 5.32 Å². The highest BCUT2D eigenvalue weighted by molar-refractivity contribution is 5.91. The second kappa shape index (κ2) is 8.59. The van der Waals surface area contributed by atoms with Crippen LogP contribution >= 0.6 is 0 Å². The van der Waals surface area contributed by atoms with Gasteiger partial charge in [0.05, 0.1) is 35.0 Å². The van der Waals surface area contributed by atoms with Gasteiger partial charge >= 0.3 is 6.18 Å². The Kier molecular flexibility index (Phi) is 6.14. The minimum absolute atomic E-state index is 0.0677. The number of nitrogens with one attached hydrogen (secondary N) is 1. The predicted octanol–water partition coefficient (Wildman–Crippen LogP) is 4.27. The van der Waals surface area contributed by atoms with E-state index >= 15 is 0 Å². The Morgan fingerprint density at radius 2 is 1.90 bits per heavy atom. The monoisotopic (exact) mass is 405 g/mol. The third-order valence-electron chi connectivity index (χ3n) is 4.25. The van der Waals surface area contributed by atoms with Gasteiger partial charge in [-0.05, 0) is 32.0 Å². The van der Waals surface area contributed by atoms with E-state index in [1.165, 1.54) is 37.7 Å². The molecule has 1 aromatic carbocycles. The topological polar surface area (TPSA) is 72.7 Å². The lowest BCUT2D eigenvalue weighted by Crippen LogP contribution is -2.25. The van der Waals surface area contributed by atoms with Gasteiger partial charge in [0.25, 0.3) is 5.91 Å². The molecular formula is C20H22F3N5O. The van der Waals surface area contributed by atoms with Crippen LogP contribution in [0.5, 0.6) is 0 Å². The average molecular weight is 405 g/mol. The van der Waals surface area contributed by atoms with Crippen molar-refractivity contribution in [2.24, 2.45) is 0 Å². The van der Waals surface area contributed by atoms with E-state index < -0.39 is 17.6 Å². The van der Waals surface area contributed by atoms with Gasteiger partial charge < -0.3 is 9.88 Å². The smallest absolute Gasteiger partial charge is 0.343 e. The molecule has 2 aromatic heterocycles. The maximum absolute atomic E-state index is 12.9. The molecule has 1 N–H and O–H groups in total. The molecule has 0 saturated heterocycles. The number of imidazole rings is 1.